The number of hydrogen-bond donors (Lipinski definition) is 0. The minimum atomic E-state index is -0.611. The fraction of sp³-hybridized carbons (Fsp3) is 0.0204. The van der Waals surface area contributed by atoms with Crippen molar-refractivity contribution in [3.05, 3.63) is 210 Å². The van der Waals surface area contributed by atoms with Crippen molar-refractivity contribution in [3.8, 4) is 28.3 Å². The Morgan fingerprint density at radius 2 is 1.06 bits per heavy atom. The maximum absolute atomic E-state index is 5.40. The van der Waals surface area contributed by atoms with E-state index in [2.05, 4.69) is 187 Å². The number of rotatable bonds is 4. The molecule has 3 nitrogen and oxygen atoms in total. The van der Waals surface area contributed by atoms with Crippen LogP contribution in [0.2, 0.25) is 0 Å². The third-order valence-corrected chi connectivity index (χ3v) is 11.1. The van der Waals surface area contributed by atoms with E-state index in [1.807, 2.05) is 6.07 Å². The Morgan fingerprint density at radius 1 is 0.423 bits per heavy atom. The van der Waals surface area contributed by atoms with E-state index in [4.69, 9.17) is 9.97 Å². The van der Waals surface area contributed by atoms with Gasteiger partial charge in [-0.3, -0.25) is 4.57 Å². The number of benzene rings is 8. The van der Waals surface area contributed by atoms with Crippen molar-refractivity contribution in [1.29, 1.82) is 0 Å². The van der Waals surface area contributed by atoms with Gasteiger partial charge in [0.2, 0.25) is 5.95 Å². The van der Waals surface area contributed by atoms with E-state index in [1.54, 1.807) is 0 Å². The molecule has 0 radical (unpaired) electrons. The molecule has 10 aromatic rings. The fourth-order valence-corrected chi connectivity index (χ4v) is 9.03. The molecular formula is C49H31N3. The first-order chi connectivity index (χ1) is 25.8. The molecule has 0 spiro atoms. The van der Waals surface area contributed by atoms with Crippen molar-refractivity contribution < 1.29 is 0 Å². The zero-order valence-electron chi connectivity index (χ0n) is 28.2. The van der Waals surface area contributed by atoms with Gasteiger partial charge in [0.05, 0.1) is 27.7 Å². The molecule has 0 saturated heterocycles. The summed E-state index contributed by atoms with van der Waals surface area (Å²) in [7, 11) is 0. The van der Waals surface area contributed by atoms with E-state index < -0.39 is 5.41 Å². The Hall–Kier alpha value is -6.84. The van der Waals surface area contributed by atoms with Crippen LogP contribution >= 0.6 is 0 Å². The molecule has 0 bridgehead atoms. The normalized spacial score (nSPS) is 13.2. The Labute approximate surface area is 301 Å². The second-order valence-corrected chi connectivity index (χ2v) is 13.7. The van der Waals surface area contributed by atoms with Crippen LogP contribution < -0.4 is 0 Å². The predicted molar refractivity (Wildman–Crippen MR) is 214 cm³/mol. The second-order valence-electron chi connectivity index (χ2n) is 13.7. The van der Waals surface area contributed by atoms with Crippen molar-refractivity contribution in [1.82, 2.24) is 14.5 Å². The molecule has 0 saturated carbocycles. The molecule has 1 aliphatic carbocycles. The summed E-state index contributed by atoms with van der Waals surface area (Å²) in [6.07, 6.45) is 0. The highest BCUT2D eigenvalue weighted by molar-refractivity contribution is 6.17. The van der Waals surface area contributed by atoms with Crippen molar-refractivity contribution in [2.24, 2.45) is 0 Å². The summed E-state index contributed by atoms with van der Waals surface area (Å²) in [6, 6.07) is 68.0. The van der Waals surface area contributed by atoms with E-state index in [0.717, 1.165) is 33.2 Å². The maximum Gasteiger partial charge on any atom is 0.235 e. The van der Waals surface area contributed by atoms with Gasteiger partial charge < -0.3 is 0 Å². The Balaban J connectivity index is 1.35. The quantitative estimate of drug-likeness (QED) is 0.188. The highest BCUT2D eigenvalue weighted by Gasteiger charge is 2.46. The zero-order valence-corrected chi connectivity index (χ0v) is 28.2. The van der Waals surface area contributed by atoms with Crippen LogP contribution in [0.1, 0.15) is 22.3 Å². The number of para-hydroxylation sites is 2. The largest absolute Gasteiger partial charge is 0.278 e. The average molecular weight is 662 g/mol. The van der Waals surface area contributed by atoms with Crippen LogP contribution in [0.4, 0.5) is 0 Å². The highest BCUT2D eigenvalue weighted by Crippen LogP contribution is 2.58. The Bertz CT molecular complexity index is 2950. The molecule has 2 heterocycles. The molecule has 0 aliphatic heterocycles. The highest BCUT2D eigenvalue weighted by atomic mass is 15.2. The van der Waals surface area contributed by atoms with Gasteiger partial charge in [0.15, 0.2) is 0 Å². The molecule has 0 N–H and O–H groups in total. The van der Waals surface area contributed by atoms with Gasteiger partial charge in [-0.1, -0.05) is 170 Å². The van der Waals surface area contributed by atoms with Gasteiger partial charge >= 0.3 is 0 Å². The first kappa shape index (κ1) is 28.9. The predicted octanol–water partition coefficient (Wildman–Crippen LogP) is 11.9. The molecule has 11 rings (SSSR count). The maximum atomic E-state index is 5.40. The minimum Gasteiger partial charge on any atom is -0.278 e. The summed E-state index contributed by atoms with van der Waals surface area (Å²) in [4.78, 5) is 10.7. The molecule has 52 heavy (non-hydrogen) atoms. The first-order valence-electron chi connectivity index (χ1n) is 17.9. The summed E-state index contributed by atoms with van der Waals surface area (Å²) in [5.74, 6) is 0.659. The third kappa shape index (κ3) is 3.91. The lowest BCUT2D eigenvalue weighted by Crippen LogP contribution is -2.34. The van der Waals surface area contributed by atoms with Gasteiger partial charge in [-0.25, -0.2) is 9.97 Å². The number of nitrogens with zero attached hydrogens (tertiary/aromatic N) is 3. The summed E-state index contributed by atoms with van der Waals surface area (Å²) in [5, 5.41) is 5.98. The van der Waals surface area contributed by atoms with E-state index >= 15 is 0 Å². The molecule has 2 aromatic heterocycles. The van der Waals surface area contributed by atoms with E-state index in [9.17, 15) is 0 Å². The lowest BCUT2D eigenvalue weighted by Gasteiger charge is -2.42. The van der Waals surface area contributed by atoms with Crippen LogP contribution in [-0.2, 0) is 5.41 Å². The Morgan fingerprint density at radius 3 is 1.81 bits per heavy atom. The van der Waals surface area contributed by atoms with Gasteiger partial charge in [0.1, 0.15) is 0 Å². The molecule has 0 fully saturated rings. The summed E-state index contributed by atoms with van der Waals surface area (Å²) >= 11 is 0. The molecule has 242 valence electrons. The van der Waals surface area contributed by atoms with Gasteiger partial charge in [-0.15, -0.1) is 0 Å². The van der Waals surface area contributed by atoms with Crippen molar-refractivity contribution in [3.63, 3.8) is 0 Å². The average Bonchev–Trinajstić information content (AvgIpc) is 3.56. The molecule has 0 amide bonds. The number of fused-ring (bicyclic) bond motifs is 7. The number of aromatic nitrogens is 3. The summed E-state index contributed by atoms with van der Waals surface area (Å²) in [5.41, 5.74) is 12.0. The van der Waals surface area contributed by atoms with Gasteiger partial charge in [0.25, 0.3) is 0 Å². The SMILES string of the molecule is c1ccc(-c2nc(-n3c4ccccc4c4c5c(ccc43)-c3cccc4cccc(c34)C5(c3ccccc3)c3ccccc3)nc3ccccc23)cc1. The third-order valence-electron chi connectivity index (χ3n) is 11.1. The van der Waals surface area contributed by atoms with Crippen LogP contribution in [0, 0.1) is 0 Å². The van der Waals surface area contributed by atoms with E-state index in [-0.39, 0.29) is 0 Å². The van der Waals surface area contributed by atoms with Crippen molar-refractivity contribution in [2.45, 2.75) is 5.41 Å². The zero-order chi connectivity index (χ0) is 34.2. The molecule has 1 aliphatic rings. The van der Waals surface area contributed by atoms with Gasteiger partial charge in [-0.05, 0) is 62.4 Å². The van der Waals surface area contributed by atoms with Crippen LogP contribution in [-0.4, -0.2) is 14.5 Å². The molecule has 3 heteroatoms. The molecule has 8 aromatic carbocycles. The molecule has 0 unspecified atom stereocenters. The minimum absolute atomic E-state index is 0.611. The lowest BCUT2D eigenvalue weighted by atomic mass is 9.59. The lowest BCUT2D eigenvalue weighted by molar-refractivity contribution is 0.757. The van der Waals surface area contributed by atoms with Crippen molar-refractivity contribution >= 4 is 43.5 Å². The van der Waals surface area contributed by atoms with Crippen LogP contribution in [0.5, 0.6) is 0 Å². The van der Waals surface area contributed by atoms with Crippen LogP contribution in [0.3, 0.4) is 0 Å². The summed E-state index contributed by atoms with van der Waals surface area (Å²) < 4.78 is 2.28. The topological polar surface area (TPSA) is 30.7 Å². The van der Waals surface area contributed by atoms with Gasteiger partial charge in [0, 0.05) is 21.7 Å². The monoisotopic (exact) mass is 661 g/mol. The fourth-order valence-electron chi connectivity index (χ4n) is 9.03. The smallest absolute Gasteiger partial charge is 0.235 e. The molecular weight excluding hydrogens is 631 g/mol. The van der Waals surface area contributed by atoms with Crippen LogP contribution in [0.25, 0.3) is 71.8 Å². The summed E-state index contributed by atoms with van der Waals surface area (Å²) in [6.45, 7) is 0. The van der Waals surface area contributed by atoms with Crippen molar-refractivity contribution in [2.75, 3.05) is 0 Å². The standard InChI is InChI=1S/C49H31N3/c1-4-16-33(17-5-1)47-38-24-10-12-28-41(38)50-48(51-47)52-42-29-13-11-25-39(42)45-43(52)31-30-37-36-26-14-18-32-19-15-27-40(44(32)36)49(46(37)45,34-20-6-2-7-21-34)35-22-8-3-9-23-35/h1-31H. The van der Waals surface area contributed by atoms with Crippen LogP contribution in [0.15, 0.2) is 188 Å². The second kappa shape index (κ2) is 11.1. The first-order valence-corrected chi connectivity index (χ1v) is 17.9. The molecule has 0 atom stereocenters. The number of hydrogen-bond acceptors (Lipinski definition) is 2. The Kier molecular flexibility index (Phi) is 6.17. The van der Waals surface area contributed by atoms with E-state index in [1.165, 1.54) is 54.9 Å². The van der Waals surface area contributed by atoms with Gasteiger partial charge in [-0.2, -0.15) is 0 Å². The van der Waals surface area contributed by atoms with E-state index in [0.29, 0.717) is 5.95 Å².